The highest BCUT2D eigenvalue weighted by molar-refractivity contribution is 7.10. The number of nitrogens with one attached hydrogen (secondary N) is 1. The highest BCUT2D eigenvalue weighted by Crippen LogP contribution is 2.22. The Hall–Kier alpha value is -1.59. The zero-order valence-corrected chi connectivity index (χ0v) is 10.7. The Morgan fingerprint density at radius 3 is 3.00 bits per heavy atom. The van der Waals surface area contributed by atoms with Crippen LogP contribution in [0, 0.1) is 0 Å². The maximum atomic E-state index is 11.6. The summed E-state index contributed by atoms with van der Waals surface area (Å²) in [5.74, 6) is 0.643. The van der Waals surface area contributed by atoms with Crippen molar-refractivity contribution >= 4 is 17.2 Å². The second-order valence-corrected chi connectivity index (χ2v) is 4.91. The van der Waals surface area contributed by atoms with E-state index in [9.17, 15) is 9.90 Å². The van der Waals surface area contributed by atoms with Gasteiger partial charge in [0.1, 0.15) is 5.76 Å². The van der Waals surface area contributed by atoms with E-state index in [-0.39, 0.29) is 5.91 Å². The van der Waals surface area contributed by atoms with Crippen molar-refractivity contribution in [1.29, 1.82) is 0 Å². The van der Waals surface area contributed by atoms with Gasteiger partial charge in [-0.15, -0.1) is 11.3 Å². The number of amides is 1. The zero-order chi connectivity index (χ0) is 12.8. The van der Waals surface area contributed by atoms with Gasteiger partial charge in [0.25, 0.3) is 0 Å². The molecular formula is C13H15NO3S. The van der Waals surface area contributed by atoms with Crippen molar-refractivity contribution in [2.45, 2.75) is 25.5 Å². The van der Waals surface area contributed by atoms with E-state index in [2.05, 4.69) is 5.32 Å². The molecule has 1 unspecified atom stereocenters. The van der Waals surface area contributed by atoms with Crippen LogP contribution in [0.25, 0.3) is 0 Å². The second-order valence-electron chi connectivity index (χ2n) is 3.93. The molecule has 0 bridgehead atoms. The van der Waals surface area contributed by atoms with Crippen LogP contribution in [0.15, 0.2) is 40.3 Å². The van der Waals surface area contributed by atoms with Gasteiger partial charge in [-0.3, -0.25) is 4.79 Å². The van der Waals surface area contributed by atoms with E-state index in [1.807, 2.05) is 17.5 Å². The number of thiophene rings is 1. The van der Waals surface area contributed by atoms with Gasteiger partial charge < -0.3 is 14.8 Å². The molecule has 2 aromatic heterocycles. The fourth-order valence-electron chi connectivity index (χ4n) is 1.58. The summed E-state index contributed by atoms with van der Waals surface area (Å²) in [6.45, 7) is 0.390. The lowest BCUT2D eigenvalue weighted by atomic mass is 10.1. The summed E-state index contributed by atoms with van der Waals surface area (Å²) in [7, 11) is 0. The summed E-state index contributed by atoms with van der Waals surface area (Å²) in [5.41, 5.74) is 0. The van der Waals surface area contributed by atoms with Gasteiger partial charge in [-0.05, 0) is 30.0 Å². The van der Waals surface area contributed by atoms with Crippen LogP contribution in [0.5, 0.6) is 0 Å². The molecule has 2 rings (SSSR count). The van der Waals surface area contributed by atoms with Crippen molar-refractivity contribution in [3.8, 4) is 0 Å². The normalized spacial score (nSPS) is 12.3. The molecule has 0 saturated carbocycles. The third-order valence-corrected chi connectivity index (χ3v) is 3.53. The molecule has 2 N–H and O–H groups in total. The Bertz CT molecular complexity index is 464. The number of furan rings is 1. The van der Waals surface area contributed by atoms with E-state index >= 15 is 0 Å². The van der Waals surface area contributed by atoms with Crippen LogP contribution in [0.3, 0.4) is 0 Å². The molecule has 5 heteroatoms. The van der Waals surface area contributed by atoms with Gasteiger partial charge >= 0.3 is 0 Å². The maximum absolute atomic E-state index is 11.6. The van der Waals surface area contributed by atoms with Gasteiger partial charge in [0.15, 0.2) is 0 Å². The standard InChI is InChI=1S/C13H15NO3S/c15-11(12-4-2-8-18-12)5-6-13(16)14-9-10-3-1-7-17-10/h1-4,7-8,11,15H,5-6,9H2,(H,14,16). The van der Waals surface area contributed by atoms with Crippen molar-refractivity contribution in [2.24, 2.45) is 0 Å². The minimum absolute atomic E-state index is 0.0815. The molecule has 0 fully saturated rings. The molecule has 0 aliphatic rings. The fraction of sp³-hybridized carbons (Fsp3) is 0.308. The van der Waals surface area contributed by atoms with Gasteiger partial charge in [-0.1, -0.05) is 6.07 Å². The monoisotopic (exact) mass is 265 g/mol. The van der Waals surface area contributed by atoms with Crippen LogP contribution in [-0.4, -0.2) is 11.0 Å². The summed E-state index contributed by atoms with van der Waals surface area (Å²) >= 11 is 1.50. The SMILES string of the molecule is O=C(CCC(O)c1cccs1)NCc1ccco1. The van der Waals surface area contributed by atoms with Crippen molar-refractivity contribution in [3.05, 3.63) is 46.5 Å². The number of hydrogen-bond donors (Lipinski definition) is 2. The molecule has 0 aromatic carbocycles. The van der Waals surface area contributed by atoms with Crippen molar-refractivity contribution in [3.63, 3.8) is 0 Å². The number of aliphatic hydroxyl groups excluding tert-OH is 1. The van der Waals surface area contributed by atoms with E-state index in [4.69, 9.17) is 4.42 Å². The average Bonchev–Trinajstić information content (AvgIpc) is 3.05. The summed E-state index contributed by atoms with van der Waals surface area (Å²) in [5, 5.41) is 14.5. The number of rotatable bonds is 6. The molecule has 0 aliphatic carbocycles. The third-order valence-electron chi connectivity index (χ3n) is 2.56. The Morgan fingerprint density at radius 1 is 1.44 bits per heavy atom. The first-order valence-corrected chi connectivity index (χ1v) is 6.64. The molecule has 2 heterocycles. The van der Waals surface area contributed by atoms with Crippen LogP contribution in [0.2, 0.25) is 0 Å². The van der Waals surface area contributed by atoms with Crippen LogP contribution in [0.1, 0.15) is 29.6 Å². The van der Waals surface area contributed by atoms with Gasteiger partial charge in [-0.25, -0.2) is 0 Å². The molecule has 0 saturated heterocycles. The van der Waals surface area contributed by atoms with Crippen molar-refractivity contribution in [2.75, 3.05) is 0 Å². The highest BCUT2D eigenvalue weighted by Gasteiger charge is 2.11. The third kappa shape index (κ3) is 3.72. The summed E-state index contributed by atoms with van der Waals surface area (Å²) in [6, 6.07) is 7.35. The molecule has 0 spiro atoms. The quantitative estimate of drug-likeness (QED) is 0.843. The largest absolute Gasteiger partial charge is 0.467 e. The van der Waals surface area contributed by atoms with Gasteiger partial charge in [-0.2, -0.15) is 0 Å². The van der Waals surface area contributed by atoms with E-state index in [1.54, 1.807) is 18.4 Å². The molecule has 0 aliphatic heterocycles. The number of carbonyl (C=O) groups excluding carboxylic acids is 1. The summed E-state index contributed by atoms with van der Waals surface area (Å²) in [6.07, 6.45) is 1.76. The van der Waals surface area contributed by atoms with E-state index in [1.165, 1.54) is 11.3 Å². The van der Waals surface area contributed by atoms with Gasteiger partial charge in [0.2, 0.25) is 5.91 Å². The van der Waals surface area contributed by atoms with E-state index in [0.29, 0.717) is 19.4 Å². The van der Waals surface area contributed by atoms with Crippen molar-refractivity contribution in [1.82, 2.24) is 5.32 Å². The molecule has 1 atom stereocenters. The molecule has 4 nitrogen and oxygen atoms in total. The predicted octanol–water partition coefficient (Wildman–Crippen LogP) is 2.47. The van der Waals surface area contributed by atoms with Crippen LogP contribution in [0.4, 0.5) is 0 Å². The lowest BCUT2D eigenvalue weighted by Gasteiger charge is -2.08. The Morgan fingerprint density at radius 2 is 2.33 bits per heavy atom. The van der Waals surface area contributed by atoms with E-state index < -0.39 is 6.10 Å². The number of aliphatic hydroxyl groups is 1. The molecule has 96 valence electrons. The Labute approximate surface area is 109 Å². The Kier molecular flexibility index (Phi) is 4.55. The first-order chi connectivity index (χ1) is 8.75. The van der Waals surface area contributed by atoms with Crippen molar-refractivity contribution < 1.29 is 14.3 Å². The summed E-state index contributed by atoms with van der Waals surface area (Å²) in [4.78, 5) is 12.4. The molecule has 1 amide bonds. The van der Waals surface area contributed by atoms with Crippen LogP contribution < -0.4 is 5.32 Å². The minimum atomic E-state index is -0.556. The lowest BCUT2D eigenvalue weighted by Crippen LogP contribution is -2.22. The average molecular weight is 265 g/mol. The highest BCUT2D eigenvalue weighted by atomic mass is 32.1. The number of hydrogen-bond acceptors (Lipinski definition) is 4. The summed E-state index contributed by atoms with van der Waals surface area (Å²) < 4.78 is 5.11. The van der Waals surface area contributed by atoms with E-state index in [0.717, 1.165) is 10.6 Å². The minimum Gasteiger partial charge on any atom is -0.467 e. The van der Waals surface area contributed by atoms with Crippen LogP contribution in [-0.2, 0) is 11.3 Å². The Balaban J connectivity index is 1.68. The first-order valence-electron chi connectivity index (χ1n) is 5.76. The smallest absolute Gasteiger partial charge is 0.220 e. The predicted molar refractivity (Wildman–Crippen MR) is 69.1 cm³/mol. The van der Waals surface area contributed by atoms with Gasteiger partial charge in [0, 0.05) is 11.3 Å². The molecule has 0 radical (unpaired) electrons. The van der Waals surface area contributed by atoms with Gasteiger partial charge in [0.05, 0.1) is 18.9 Å². The molecule has 2 aromatic rings. The zero-order valence-electron chi connectivity index (χ0n) is 9.83. The lowest BCUT2D eigenvalue weighted by molar-refractivity contribution is -0.121. The fourth-order valence-corrected chi connectivity index (χ4v) is 2.32. The first kappa shape index (κ1) is 12.9. The second kappa shape index (κ2) is 6.37. The topological polar surface area (TPSA) is 62.5 Å². The molecular weight excluding hydrogens is 250 g/mol. The molecule has 18 heavy (non-hydrogen) atoms. The number of carbonyl (C=O) groups is 1. The maximum Gasteiger partial charge on any atom is 0.220 e. The van der Waals surface area contributed by atoms with Crippen LogP contribution >= 0.6 is 11.3 Å².